The molecular weight excluding hydrogens is 232 g/mol. The normalized spacial score (nSPS) is 34.9. The zero-order chi connectivity index (χ0) is 13.9. The van der Waals surface area contributed by atoms with Crippen LogP contribution in [0.5, 0.6) is 0 Å². The third kappa shape index (κ3) is 3.16. The predicted molar refractivity (Wildman–Crippen MR) is 83.5 cm³/mol. The zero-order valence-electron chi connectivity index (χ0n) is 13.5. The van der Waals surface area contributed by atoms with Crippen LogP contribution in [0.1, 0.15) is 65.2 Å². The summed E-state index contributed by atoms with van der Waals surface area (Å²) in [6.45, 7) is 5.85. The third-order valence-corrected chi connectivity index (χ3v) is 5.77. The van der Waals surface area contributed by atoms with Crippen molar-refractivity contribution in [3.63, 3.8) is 0 Å². The Kier molecular flexibility index (Phi) is 5.30. The summed E-state index contributed by atoms with van der Waals surface area (Å²) in [5, 5.41) is 3.90. The first kappa shape index (κ1) is 15.3. The van der Waals surface area contributed by atoms with Gasteiger partial charge in [-0.25, -0.2) is 0 Å². The molecule has 0 bridgehead atoms. The highest BCUT2D eigenvalue weighted by molar-refractivity contribution is 5.04. The molecule has 0 amide bonds. The quantitative estimate of drug-likeness (QED) is 0.817. The van der Waals surface area contributed by atoms with E-state index in [4.69, 9.17) is 0 Å². The monoisotopic (exact) mass is 266 g/mol. The molecule has 0 aliphatic heterocycles. The maximum absolute atomic E-state index is 3.90. The molecule has 2 aliphatic rings. The molecule has 19 heavy (non-hydrogen) atoms. The third-order valence-electron chi connectivity index (χ3n) is 5.77. The van der Waals surface area contributed by atoms with Gasteiger partial charge < -0.3 is 10.2 Å². The SMILES string of the molecule is CCNC(C1CCCC1)C1(N(C)C)CCCC(C)C1. The smallest absolute Gasteiger partial charge is 0.0361 e. The summed E-state index contributed by atoms with van der Waals surface area (Å²) < 4.78 is 0. The summed E-state index contributed by atoms with van der Waals surface area (Å²) in [6, 6.07) is 0.706. The van der Waals surface area contributed by atoms with Gasteiger partial charge in [0.1, 0.15) is 0 Å². The van der Waals surface area contributed by atoms with Crippen LogP contribution in [0.25, 0.3) is 0 Å². The van der Waals surface area contributed by atoms with Crippen molar-refractivity contribution >= 4 is 0 Å². The average molecular weight is 266 g/mol. The topological polar surface area (TPSA) is 15.3 Å². The highest BCUT2D eigenvalue weighted by Crippen LogP contribution is 2.43. The molecular formula is C17H34N2. The lowest BCUT2D eigenvalue weighted by molar-refractivity contribution is 0.0169. The Morgan fingerprint density at radius 1 is 1.16 bits per heavy atom. The van der Waals surface area contributed by atoms with Crippen LogP contribution in [0.15, 0.2) is 0 Å². The number of rotatable bonds is 5. The summed E-state index contributed by atoms with van der Waals surface area (Å²) in [5.74, 6) is 1.80. The number of nitrogens with one attached hydrogen (secondary N) is 1. The fraction of sp³-hybridized carbons (Fsp3) is 1.00. The average Bonchev–Trinajstić information content (AvgIpc) is 2.89. The molecule has 1 N–H and O–H groups in total. The van der Waals surface area contributed by atoms with Gasteiger partial charge in [0, 0.05) is 11.6 Å². The highest BCUT2D eigenvalue weighted by Gasteiger charge is 2.46. The minimum atomic E-state index is 0.405. The van der Waals surface area contributed by atoms with E-state index in [1.807, 2.05) is 0 Å². The maximum atomic E-state index is 3.90. The van der Waals surface area contributed by atoms with Gasteiger partial charge in [-0.3, -0.25) is 0 Å². The van der Waals surface area contributed by atoms with Gasteiger partial charge in [0.05, 0.1) is 0 Å². The van der Waals surface area contributed by atoms with Crippen LogP contribution in [0.4, 0.5) is 0 Å². The molecule has 3 unspecified atom stereocenters. The fourth-order valence-corrected chi connectivity index (χ4v) is 4.84. The van der Waals surface area contributed by atoms with Gasteiger partial charge >= 0.3 is 0 Å². The molecule has 2 aliphatic carbocycles. The largest absolute Gasteiger partial charge is 0.312 e. The minimum Gasteiger partial charge on any atom is -0.312 e. The van der Waals surface area contributed by atoms with Gasteiger partial charge in [0.2, 0.25) is 0 Å². The van der Waals surface area contributed by atoms with Crippen LogP contribution in [0.3, 0.4) is 0 Å². The summed E-state index contributed by atoms with van der Waals surface area (Å²) in [4.78, 5) is 2.56. The van der Waals surface area contributed by atoms with Crippen molar-refractivity contribution in [2.24, 2.45) is 11.8 Å². The van der Waals surface area contributed by atoms with Crippen LogP contribution in [-0.4, -0.2) is 37.1 Å². The second-order valence-electron chi connectivity index (χ2n) is 7.28. The van der Waals surface area contributed by atoms with E-state index in [0.29, 0.717) is 11.6 Å². The summed E-state index contributed by atoms with van der Waals surface area (Å²) in [7, 11) is 4.63. The Bertz CT molecular complexity index is 270. The van der Waals surface area contributed by atoms with Crippen LogP contribution in [0, 0.1) is 11.8 Å². The van der Waals surface area contributed by atoms with Crippen LogP contribution >= 0.6 is 0 Å². The molecule has 2 saturated carbocycles. The summed E-state index contributed by atoms with van der Waals surface area (Å²) >= 11 is 0. The fourth-order valence-electron chi connectivity index (χ4n) is 4.84. The lowest BCUT2D eigenvalue weighted by Crippen LogP contribution is -2.63. The predicted octanol–water partition coefficient (Wildman–Crippen LogP) is 3.67. The summed E-state index contributed by atoms with van der Waals surface area (Å²) in [6.07, 6.45) is 11.4. The first-order valence-electron chi connectivity index (χ1n) is 8.51. The molecule has 112 valence electrons. The Morgan fingerprint density at radius 3 is 2.37 bits per heavy atom. The standard InChI is InChI=1S/C17H34N2/c1-5-18-16(15-10-6-7-11-15)17(19(3)4)12-8-9-14(2)13-17/h14-16,18H,5-13H2,1-4H3. The van der Waals surface area contributed by atoms with E-state index in [-0.39, 0.29) is 0 Å². The maximum Gasteiger partial charge on any atom is 0.0361 e. The Balaban J connectivity index is 2.22. The minimum absolute atomic E-state index is 0.405. The van der Waals surface area contributed by atoms with Crippen molar-refractivity contribution in [1.29, 1.82) is 0 Å². The molecule has 2 heteroatoms. The van der Waals surface area contributed by atoms with E-state index in [2.05, 4.69) is 38.2 Å². The molecule has 0 spiro atoms. The molecule has 0 aromatic heterocycles. The molecule has 0 saturated heterocycles. The van der Waals surface area contributed by atoms with Crippen LogP contribution < -0.4 is 5.32 Å². The van der Waals surface area contributed by atoms with Gasteiger partial charge in [-0.05, 0) is 58.2 Å². The molecule has 3 atom stereocenters. The molecule has 0 aromatic rings. The van der Waals surface area contributed by atoms with Gasteiger partial charge in [-0.15, -0.1) is 0 Å². The lowest BCUT2D eigenvalue weighted by Gasteiger charge is -2.52. The molecule has 2 fully saturated rings. The van der Waals surface area contributed by atoms with Crippen molar-refractivity contribution in [3.8, 4) is 0 Å². The van der Waals surface area contributed by atoms with Gasteiger partial charge in [-0.1, -0.05) is 39.5 Å². The first-order valence-corrected chi connectivity index (χ1v) is 8.51. The zero-order valence-corrected chi connectivity index (χ0v) is 13.5. The van der Waals surface area contributed by atoms with Crippen LogP contribution in [0.2, 0.25) is 0 Å². The van der Waals surface area contributed by atoms with E-state index in [1.54, 1.807) is 0 Å². The molecule has 0 radical (unpaired) electrons. The van der Waals surface area contributed by atoms with E-state index in [0.717, 1.165) is 18.4 Å². The van der Waals surface area contributed by atoms with Crippen molar-refractivity contribution in [3.05, 3.63) is 0 Å². The van der Waals surface area contributed by atoms with Crippen molar-refractivity contribution in [1.82, 2.24) is 10.2 Å². The van der Waals surface area contributed by atoms with E-state index < -0.39 is 0 Å². The van der Waals surface area contributed by atoms with Crippen molar-refractivity contribution < 1.29 is 0 Å². The summed E-state index contributed by atoms with van der Waals surface area (Å²) in [5.41, 5.74) is 0.405. The van der Waals surface area contributed by atoms with Gasteiger partial charge in [0.15, 0.2) is 0 Å². The number of likely N-dealkylation sites (N-methyl/N-ethyl adjacent to an activating group) is 2. The molecule has 0 aromatic carbocycles. The van der Waals surface area contributed by atoms with Gasteiger partial charge in [0.25, 0.3) is 0 Å². The van der Waals surface area contributed by atoms with Crippen molar-refractivity contribution in [2.45, 2.75) is 76.8 Å². The van der Waals surface area contributed by atoms with Crippen LogP contribution in [-0.2, 0) is 0 Å². The number of nitrogens with zero attached hydrogens (tertiary/aromatic N) is 1. The Labute approximate surface area is 120 Å². The molecule has 2 rings (SSSR count). The number of hydrogen-bond acceptors (Lipinski definition) is 2. The lowest BCUT2D eigenvalue weighted by atomic mass is 9.67. The Hall–Kier alpha value is -0.0800. The second-order valence-corrected chi connectivity index (χ2v) is 7.28. The van der Waals surface area contributed by atoms with Gasteiger partial charge in [-0.2, -0.15) is 0 Å². The van der Waals surface area contributed by atoms with E-state index in [9.17, 15) is 0 Å². The van der Waals surface area contributed by atoms with E-state index >= 15 is 0 Å². The second kappa shape index (κ2) is 6.58. The Morgan fingerprint density at radius 2 is 1.84 bits per heavy atom. The highest BCUT2D eigenvalue weighted by atomic mass is 15.2. The number of hydrogen-bond donors (Lipinski definition) is 1. The van der Waals surface area contributed by atoms with Crippen molar-refractivity contribution in [2.75, 3.05) is 20.6 Å². The molecule has 0 heterocycles. The molecule has 2 nitrogen and oxygen atoms in total. The first-order chi connectivity index (χ1) is 9.10. The van der Waals surface area contributed by atoms with E-state index in [1.165, 1.54) is 51.4 Å².